The third-order valence-electron chi connectivity index (χ3n) is 6.07. The Hall–Kier alpha value is -4.37. The first-order chi connectivity index (χ1) is 17.3. The van der Waals surface area contributed by atoms with Crippen molar-refractivity contribution < 1.29 is 19.1 Å². The van der Waals surface area contributed by atoms with Crippen LogP contribution >= 0.6 is 0 Å². The van der Waals surface area contributed by atoms with Crippen LogP contribution in [0.5, 0.6) is 23.0 Å². The van der Waals surface area contributed by atoms with Gasteiger partial charge in [0.15, 0.2) is 0 Å². The van der Waals surface area contributed by atoms with Gasteiger partial charge in [-0.3, -0.25) is 15.0 Å². The van der Waals surface area contributed by atoms with Crippen molar-refractivity contribution in [1.29, 1.82) is 5.41 Å². The molecule has 2 amide bonds. The molecule has 0 spiro atoms. The van der Waals surface area contributed by atoms with Gasteiger partial charge >= 0.3 is 0 Å². The number of amidine groups is 1. The summed E-state index contributed by atoms with van der Waals surface area (Å²) in [6, 6.07) is 18.5. The highest BCUT2D eigenvalue weighted by atomic mass is 16.5. The van der Waals surface area contributed by atoms with E-state index >= 15 is 0 Å². The third-order valence-corrected chi connectivity index (χ3v) is 6.07. The topological polar surface area (TPSA) is 167 Å². The number of anilines is 1. The number of nitrogens with one attached hydrogen (secondary N) is 2. The molecule has 0 bridgehead atoms. The average Bonchev–Trinajstić information content (AvgIpc) is 2.85. The fourth-order valence-corrected chi connectivity index (χ4v) is 4.05. The first kappa shape index (κ1) is 24.7. The molecule has 0 radical (unpaired) electrons. The summed E-state index contributed by atoms with van der Waals surface area (Å²) in [5.74, 6) is 1.16. The number of amides is 2. The van der Waals surface area contributed by atoms with Crippen molar-refractivity contribution in [3.63, 3.8) is 0 Å². The van der Waals surface area contributed by atoms with E-state index in [4.69, 9.17) is 32.1 Å². The zero-order chi connectivity index (χ0) is 25.7. The molecule has 9 heteroatoms. The summed E-state index contributed by atoms with van der Waals surface area (Å²) in [6.45, 7) is 0. The number of nitrogens with two attached hydrogens (primary N) is 3. The predicted octanol–water partition coefficient (Wildman–Crippen LogP) is 4.11. The van der Waals surface area contributed by atoms with Crippen molar-refractivity contribution >= 4 is 23.3 Å². The van der Waals surface area contributed by atoms with Gasteiger partial charge in [-0.15, -0.1) is 0 Å². The summed E-state index contributed by atoms with van der Waals surface area (Å²) in [5, 5.41) is 10.5. The van der Waals surface area contributed by atoms with Gasteiger partial charge in [-0.05, 0) is 74.2 Å². The number of ether oxygens (including phenoxy) is 2. The number of benzene rings is 3. The number of rotatable bonds is 8. The monoisotopic (exact) mass is 487 g/mol. The second kappa shape index (κ2) is 10.9. The minimum absolute atomic E-state index is 0.0343. The van der Waals surface area contributed by atoms with E-state index in [0.717, 1.165) is 25.7 Å². The molecule has 1 fully saturated rings. The second-order valence-electron chi connectivity index (χ2n) is 8.82. The van der Waals surface area contributed by atoms with Crippen molar-refractivity contribution in [2.45, 2.75) is 31.7 Å². The SMILES string of the molecule is N=C(N)c1ccc(Oc2cc(NC(=O)[C@H]3CC[C@H](N)CC3)cc(Oc3ccc(C(N)=O)cc3)c2)cc1. The molecule has 3 aromatic carbocycles. The lowest BCUT2D eigenvalue weighted by Gasteiger charge is -2.25. The smallest absolute Gasteiger partial charge is 0.248 e. The van der Waals surface area contributed by atoms with E-state index < -0.39 is 5.91 Å². The molecule has 0 heterocycles. The highest BCUT2D eigenvalue weighted by molar-refractivity contribution is 5.95. The molecule has 0 saturated heterocycles. The summed E-state index contributed by atoms with van der Waals surface area (Å²) in [6.07, 6.45) is 3.16. The molecule has 0 aromatic heterocycles. The van der Waals surface area contributed by atoms with Gasteiger partial charge in [0.1, 0.15) is 28.8 Å². The van der Waals surface area contributed by atoms with Crippen molar-refractivity contribution in [3.05, 3.63) is 77.9 Å². The van der Waals surface area contributed by atoms with E-state index in [1.807, 2.05) is 0 Å². The van der Waals surface area contributed by atoms with Crippen LogP contribution in [0.25, 0.3) is 0 Å². The first-order valence-electron chi connectivity index (χ1n) is 11.7. The Labute approximate surface area is 209 Å². The number of hydrogen-bond donors (Lipinski definition) is 5. The maximum atomic E-state index is 12.9. The van der Waals surface area contributed by atoms with Crippen LogP contribution in [0.15, 0.2) is 66.7 Å². The minimum atomic E-state index is -0.526. The van der Waals surface area contributed by atoms with E-state index in [1.54, 1.807) is 66.7 Å². The molecule has 1 aliphatic carbocycles. The molecular formula is C27H29N5O4. The maximum Gasteiger partial charge on any atom is 0.248 e. The predicted molar refractivity (Wildman–Crippen MR) is 138 cm³/mol. The van der Waals surface area contributed by atoms with Gasteiger partial charge < -0.3 is 32.0 Å². The van der Waals surface area contributed by atoms with Gasteiger partial charge in [-0.1, -0.05) is 0 Å². The van der Waals surface area contributed by atoms with E-state index in [9.17, 15) is 9.59 Å². The molecular weight excluding hydrogens is 458 g/mol. The van der Waals surface area contributed by atoms with Crippen LogP contribution in [0, 0.1) is 11.3 Å². The number of carbonyl (C=O) groups is 2. The second-order valence-corrected chi connectivity index (χ2v) is 8.82. The number of hydrogen-bond acceptors (Lipinski definition) is 6. The molecule has 3 aromatic rings. The molecule has 36 heavy (non-hydrogen) atoms. The third kappa shape index (κ3) is 6.39. The average molecular weight is 488 g/mol. The molecule has 8 N–H and O–H groups in total. The fraction of sp³-hybridized carbons (Fsp3) is 0.222. The highest BCUT2D eigenvalue weighted by Crippen LogP contribution is 2.33. The maximum absolute atomic E-state index is 12.9. The normalized spacial score (nSPS) is 17.1. The van der Waals surface area contributed by atoms with Crippen LogP contribution in [0.3, 0.4) is 0 Å². The van der Waals surface area contributed by atoms with Crippen LogP contribution in [0.2, 0.25) is 0 Å². The van der Waals surface area contributed by atoms with Gasteiger partial charge in [0.25, 0.3) is 0 Å². The van der Waals surface area contributed by atoms with Crippen LogP contribution in [-0.2, 0) is 4.79 Å². The van der Waals surface area contributed by atoms with Crippen molar-refractivity contribution in [2.24, 2.45) is 23.1 Å². The van der Waals surface area contributed by atoms with Crippen LogP contribution in [-0.4, -0.2) is 23.7 Å². The Kier molecular flexibility index (Phi) is 7.50. The molecule has 4 rings (SSSR count). The van der Waals surface area contributed by atoms with E-state index in [0.29, 0.717) is 39.8 Å². The summed E-state index contributed by atoms with van der Waals surface area (Å²) < 4.78 is 12.0. The Balaban J connectivity index is 1.57. The molecule has 186 valence electrons. The minimum Gasteiger partial charge on any atom is -0.457 e. The summed E-state index contributed by atoms with van der Waals surface area (Å²) in [7, 11) is 0. The molecule has 9 nitrogen and oxygen atoms in total. The van der Waals surface area contributed by atoms with Gasteiger partial charge in [-0.25, -0.2) is 0 Å². The van der Waals surface area contributed by atoms with Crippen LogP contribution < -0.4 is 32.0 Å². The van der Waals surface area contributed by atoms with Gasteiger partial charge in [0, 0.05) is 47.0 Å². The molecule has 1 saturated carbocycles. The number of carbonyl (C=O) groups excluding carboxylic acids is 2. The first-order valence-corrected chi connectivity index (χ1v) is 11.7. The molecule has 0 aliphatic heterocycles. The standard InChI is InChI=1S/C27H29N5O4/c28-19-7-1-18(2-8-19)27(34)32-20-13-23(35-21-9-3-16(4-10-21)25(29)30)15-24(14-20)36-22-11-5-17(6-12-22)26(31)33/h3-6,9-15,18-19H,1-2,7-8,28H2,(H3,29,30)(H2,31,33)(H,32,34)/t18-,19-. The molecule has 0 unspecified atom stereocenters. The zero-order valence-corrected chi connectivity index (χ0v) is 19.7. The van der Waals surface area contributed by atoms with E-state index in [-0.39, 0.29) is 23.7 Å². The summed E-state index contributed by atoms with van der Waals surface area (Å²) in [5.41, 5.74) is 18.3. The quantitative estimate of drug-likeness (QED) is 0.237. The Morgan fingerprint density at radius 2 is 1.25 bits per heavy atom. The molecule has 0 atom stereocenters. The lowest BCUT2D eigenvalue weighted by Crippen LogP contribution is -2.32. The summed E-state index contributed by atoms with van der Waals surface area (Å²) in [4.78, 5) is 24.2. The lowest BCUT2D eigenvalue weighted by atomic mass is 9.86. The van der Waals surface area contributed by atoms with E-state index in [1.165, 1.54) is 0 Å². The van der Waals surface area contributed by atoms with Crippen molar-refractivity contribution in [3.8, 4) is 23.0 Å². The lowest BCUT2D eigenvalue weighted by molar-refractivity contribution is -0.120. The van der Waals surface area contributed by atoms with E-state index in [2.05, 4.69) is 5.32 Å². The van der Waals surface area contributed by atoms with Crippen molar-refractivity contribution in [2.75, 3.05) is 5.32 Å². The Morgan fingerprint density at radius 3 is 1.72 bits per heavy atom. The van der Waals surface area contributed by atoms with Crippen molar-refractivity contribution in [1.82, 2.24) is 0 Å². The van der Waals surface area contributed by atoms with Crippen LogP contribution in [0.4, 0.5) is 5.69 Å². The fourth-order valence-electron chi connectivity index (χ4n) is 4.05. The highest BCUT2D eigenvalue weighted by Gasteiger charge is 2.25. The van der Waals surface area contributed by atoms with Crippen LogP contribution in [0.1, 0.15) is 41.6 Å². The largest absolute Gasteiger partial charge is 0.457 e. The van der Waals surface area contributed by atoms with Gasteiger partial charge in [0.05, 0.1) is 0 Å². The molecule has 1 aliphatic rings. The Morgan fingerprint density at radius 1 is 0.750 bits per heavy atom. The summed E-state index contributed by atoms with van der Waals surface area (Å²) >= 11 is 0. The zero-order valence-electron chi connectivity index (χ0n) is 19.7. The number of primary amides is 1. The Bertz CT molecular complexity index is 1170. The number of nitrogen functional groups attached to an aromatic ring is 1. The van der Waals surface area contributed by atoms with Gasteiger partial charge in [0.2, 0.25) is 11.8 Å². The van der Waals surface area contributed by atoms with Gasteiger partial charge in [-0.2, -0.15) is 0 Å².